The molecule has 26 heavy (non-hydrogen) atoms. The van der Waals surface area contributed by atoms with Crippen molar-refractivity contribution in [3.8, 4) is 5.75 Å². The van der Waals surface area contributed by atoms with E-state index in [0.717, 1.165) is 0 Å². The number of nitrogens with zero attached hydrogens (tertiary/aromatic N) is 1. The molecule has 0 unspecified atom stereocenters. The van der Waals surface area contributed by atoms with Crippen molar-refractivity contribution < 1.29 is 23.9 Å². The van der Waals surface area contributed by atoms with Crippen LogP contribution in [0.2, 0.25) is 0 Å². The molecule has 138 valence electrons. The summed E-state index contributed by atoms with van der Waals surface area (Å²) in [5.41, 5.74) is 0.527. The van der Waals surface area contributed by atoms with Gasteiger partial charge in [0.05, 0.1) is 13.7 Å². The molecule has 0 aliphatic carbocycles. The van der Waals surface area contributed by atoms with E-state index < -0.39 is 6.04 Å². The van der Waals surface area contributed by atoms with Gasteiger partial charge in [-0.15, -0.1) is 0 Å². The molecule has 2 atom stereocenters. The van der Waals surface area contributed by atoms with Crippen LogP contribution in [0.4, 0.5) is 0 Å². The Bertz CT molecular complexity index is 707. The van der Waals surface area contributed by atoms with Crippen molar-refractivity contribution in [2.75, 3.05) is 20.2 Å². The number of hydrogen-bond acceptors (Lipinski definition) is 5. The first kappa shape index (κ1) is 17.9. The molecule has 8 heteroatoms. The number of amides is 3. The second kappa shape index (κ2) is 7.55. The first-order valence-electron chi connectivity index (χ1n) is 8.51. The third-order valence-electron chi connectivity index (χ3n) is 4.69. The molecular weight excluding hydrogens is 338 g/mol. The van der Waals surface area contributed by atoms with Gasteiger partial charge < -0.3 is 20.3 Å². The van der Waals surface area contributed by atoms with Gasteiger partial charge in [0, 0.05) is 31.0 Å². The smallest absolute Gasteiger partial charge is 0.243 e. The second-order valence-electron chi connectivity index (χ2n) is 6.43. The molecule has 0 aromatic heterocycles. The molecule has 2 saturated heterocycles. The highest BCUT2D eigenvalue weighted by molar-refractivity contribution is 5.98. The highest BCUT2D eigenvalue weighted by Crippen LogP contribution is 2.21. The Morgan fingerprint density at radius 1 is 1.23 bits per heavy atom. The third-order valence-corrected chi connectivity index (χ3v) is 4.69. The van der Waals surface area contributed by atoms with Crippen LogP contribution in [0.1, 0.15) is 29.6 Å². The molecular formula is C18H21N3O5. The SMILES string of the molecule is COc1ccc(C(=O)CCC(=O)N[C@H]2C[C@H]3C(=O)NCC(=O)N3C2)cc1. The second-order valence-corrected chi connectivity index (χ2v) is 6.43. The van der Waals surface area contributed by atoms with E-state index in [0.29, 0.717) is 24.3 Å². The van der Waals surface area contributed by atoms with Gasteiger partial charge in [-0.3, -0.25) is 19.2 Å². The summed E-state index contributed by atoms with van der Waals surface area (Å²) < 4.78 is 5.05. The minimum absolute atomic E-state index is 0.00631. The maximum atomic E-state index is 12.2. The van der Waals surface area contributed by atoms with Gasteiger partial charge >= 0.3 is 0 Å². The largest absolute Gasteiger partial charge is 0.497 e. The third kappa shape index (κ3) is 3.84. The normalized spacial score (nSPS) is 21.8. The van der Waals surface area contributed by atoms with Crippen LogP contribution >= 0.6 is 0 Å². The molecule has 0 bridgehead atoms. The van der Waals surface area contributed by atoms with Crippen molar-refractivity contribution in [1.82, 2.24) is 15.5 Å². The van der Waals surface area contributed by atoms with Crippen LogP contribution < -0.4 is 15.4 Å². The van der Waals surface area contributed by atoms with Gasteiger partial charge in [0.2, 0.25) is 17.7 Å². The number of ketones is 1. The number of hydrogen-bond donors (Lipinski definition) is 2. The van der Waals surface area contributed by atoms with Crippen LogP contribution in [0.15, 0.2) is 24.3 Å². The van der Waals surface area contributed by atoms with Crippen molar-refractivity contribution in [2.24, 2.45) is 0 Å². The summed E-state index contributed by atoms with van der Waals surface area (Å²) in [6.45, 7) is 0.335. The van der Waals surface area contributed by atoms with Crippen molar-refractivity contribution in [1.29, 1.82) is 0 Å². The van der Waals surface area contributed by atoms with Gasteiger partial charge in [0.1, 0.15) is 11.8 Å². The van der Waals surface area contributed by atoms with E-state index in [9.17, 15) is 19.2 Å². The average molecular weight is 359 g/mol. The lowest BCUT2D eigenvalue weighted by Gasteiger charge is -2.28. The zero-order chi connectivity index (χ0) is 18.7. The van der Waals surface area contributed by atoms with E-state index in [1.807, 2.05) is 0 Å². The summed E-state index contributed by atoms with van der Waals surface area (Å²) in [6, 6.07) is 5.95. The zero-order valence-corrected chi connectivity index (χ0v) is 14.5. The number of Topliss-reactive ketones (excluding diaryl/α,β-unsaturated/α-hetero) is 1. The van der Waals surface area contributed by atoms with Gasteiger partial charge in [-0.2, -0.15) is 0 Å². The molecule has 3 amide bonds. The monoisotopic (exact) mass is 359 g/mol. The minimum atomic E-state index is -0.512. The standard InChI is InChI=1S/C18H21N3O5/c1-26-13-4-2-11(3-5-13)15(22)6-7-16(23)20-12-8-14-18(25)19-9-17(24)21(14)10-12/h2-5,12,14H,6-10H2,1H3,(H,19,25)(H,20,23)/t12-,14-/m0/s1. The minimum Gasteiger partial charge on any atom is -0.497 e. The fraction of sp³-hybridized carbons (Fsp3) is 0.444. The summed E-state index contributed by atoms with van der Waals surface area (Å²) in [5, 5.41) is 5.36. The van der Waals surface area contributed by atoms with Crippen LogP contribution in [-0.2, 0) is 14.4 Å². The number of benzene rings is 1. The maximum absolute atomic E-state index is 12.2. The molecule has 1 aromatic carbocycles. The number of carbonyl (C=O) groups is 4. The first-order chi connectivity index (χ1) is 12.5. The van der Waals surface area contributed by atoms with Crippen LogP contribution in [-0.4, -0.2) is 60.7 Å². The Hall–Kier alpha value is -2.90. The number of ether oxygens (including phenoxy) is 1. The molecule has 0 spiro atoms. The highest BCUT2D eigenvalue weighted by atomic mass is 16.5. The van der Waals surface area contributed by atoms with Gasteiger partial charge in [-0.1, -0.05) is 0 Å². The Balaban J connectivity index is 1.47. The lowest BCUT2D eigenvalue weighted by atomic mass is 10.1. The summed E-state index contributed by atoms with van der Waals surface area (Å²) in [5.74, 6) is -0.0431. The Morgan fingerprint density at radius 3 is 2.62 bits per heavy atom. The lowest BCUT2D eigenvalue weighted by molar-refractivity contribution is -0.143. The number of carbonyl (C=O) groups excluding carboxylic acids is 4. The van der Waals surface area contributed by atoms with Crippen LogP contribution in [0.3, 0.4) is 0 Å². The van der Waals surface area contributed by atoms with Crippen LogP contribution in [0.5, 0.6) is 5.75 Å². The molecule has 1 aromatic rings. The average Bonchev–Trinajstić information content (AvgIpc) is 3.08. The summed E-state index contributed by atoms with van der Waals surface area (Å²) >= 11 is 0. The fourth-order valence-electron chi connectivity index (χ4n) is 3.29. The Morgan fingerprint density at radius 2 is 1.96 bits per heavy atom. The summed E-state index contributed by atoms with van der Waals surface area (Å²) in [6.07, 6.45) is 0.555. The zero-order valence-electron chi connectivity index (χ0n) is 14.5. The summed E-state index contributed by atoms with van der Waals surface area (Å²) in [7, 11) is 1.55. The predicted molar refractivity (Wildman–Crippen MR) is 91.6 cm³/mol. The van der Waals surface area contributed by atoms with Gasteiger partial charge in [-0.25, -0.2) is 0 Å². The van der Waals surface area contributed by atoms with Crippen molar-refractivity contribution >= 4 is 23.5 Å². The van der Waals surface area contributed by atoms with Crippen LogP contribution in [0, 0.1) is 0 Å². The van der Waals surface area contributed by atoms with E-state index in [2.05, 4.69) is 10.6 Å². The van der Waals surface area contributed by atoms with Gasteiger partial charge in [-0.05, 0) is 30.7 Å². The molecule has 2 aliphatic rings. The molecule has 2 fully saturated rings. The number of piperazine rings is 1. The van der Waals surface area contributed by atoms with E-state index in [1.165, 1.54) is 4.90 Å². The number of rotatable bonds is 6. The molecule has 0 radical (unpaired) electrons. The first-order valence-corrected chi connectivity index (χ1v) is 8.51. The van der Waals surface area contributed by atoms with E-state index >= 15 is 0 Å². The van der Waals surface area contributed by atoms with E-state index in [4.69, 9.17) is 4.74 Å². The molecule has 2 heterocycles. The molecule has 0 saturated carbocycles. The van der Waals surface area contributed by atoms with Crippen LogP contribution in [0.25, 0.3) is 0 Å². The molecule has 2 aliphatic heterocycles. The van der Waals surface area contributed by atoms with E-state index in [-0.39, 0.29) is 48.9 Å². The molecule has 2 N–H and O–H groups in total. The topological polar surface area (TPSA) is 105 Å². The lowest BCUT2D eigenvalue weighted by Crippen LogP contribution is -2.55. The van der Waals surface area contributed by atoms with Crippen molar-refractivity contribution in [2.45, 2.75) is 31.3 Å². The number of methoxy groups -OCH3 is 1. The van der Waals surface area contributed by atoms with Gasteiger partial charge in [0.25, 0.3) is 0 Å². The highest BCUT2D eigenvalue weighted by Gasteiger charge is 2.42. The fourth-order valence-corrected chi connectivity index (χ4v) is 3.29. The number of nitrogens with one attached hydrogen (secondary N) is 2. The molecule has 3 rings (SSSR count). The predicted octanol–water partition coefficient (Wildman–Crippen LogP) is -0.126. The van der Waals surface area contributed by atoms with E-state index in [1.54, 1.807) is 31.4 Å². The number of fused-ring (bicyclic) bond motifs is 1. The summed E-state index contributed by atoms with van der Waals surface area (Å²) in [4.78, 5) is 49.4. The van der Waals surface area contributed by atoms with Gasteiger partial charge in [0.15, 0.2) is 5.78 Å². The van der Waals surface area contributed by atoms with Crippen molar-refractivity contribution in [3.63, 3.8) is 0 Å². The van der Waals surface area contributed by atoms with Crippen molar-refractivity contribution in [3.05, 3.63) is 29.8 Å². The maximum Gasteiger partial charge on any atom is 0.243 e. The molecule has 8 nitrogen and oxygen atoms in total. The Labute approximate surface area is 150 Å². The quantitative estimate of drug-likeness (QED) is 0.689. The Kier molecular flexibility index (Phi) is 5.20.